The van der Waals surface area contributed by atoms with E-state index in [1.165, 1.54) is 43.7 Å². The first-order valence-electron chi connectivity index (χ1n) is 14.5. The van der Waals surface area contributed by atoms with E-state index in [0.717, 1.165) is 27.2 Å². The van der Waals surface area contributed by atoms with Gasteiger partial charge in [0, 0.05) is 37.7 Å². The third kappa shape index (κ3) is 4.50. The van der Waals surface area contributed by atoms with Gasteiger partial charge in [-0.25, -0.2) is 0 Å². The number of hydrogen-bond acceptors (Lipinski definition) is 1. The predicted molar refractivity (Wildman–Crippen MR) is 186 cm³/mol. The standard InChI is InChI=1S/C40H27BrN2/c41-31-25-33(27-34(26-31)43-39-21-8-6-19-36(39)37-20-7-9-22-40(37)43)42(38-23-11-15-29-14-4-5-18-35(29)38)32-17-10-16-30(24-32)28-12-2-1-3-13-28/h1-27H. The Balaban J connectivity index is 1.40. The predicted octanol–water partition coefficient (Wildman–Crippen LogP) is 11.8. The normalized spacial score (nSPS) is 11.4. The first-order chi connectivity index (χ1) is 21.2. The SMILES string of the molecule is Brc1cc(N(c2cccc(-c3ccccc3)c2)c2cccc3ccccc23)cc(-n2c3ccccc3c3ccccc32)c1. The summed E-state index contributed by atoms with van der Waals surface area (Å²) in [6.45, 7) is 0. The Morgan fingerprint density at radius 2 is 1.05 bits per heavy atom. The maximum Gasteiger partial charge on any atom is 0.0541 e. The van der Waals surface area contributed by atoms with Gasteiger partial charge in [0.15, 0.2) is 0 Å². The molecule has 0 radical (unpaired) electrons. The number of hydrogen-bond donors (Lipinski definition) is 0. The Bertz CT molecular complexity index is 2210. The average Bonchev–Trinajstić information content (AvgIpc) is 3.40. The van der Waals surface area contributed by atoms with Gasteiger partial charge < -0.3 is 9.47 Å². The van der Waals surface area contributed by atoms with Crippen LogP contribution in [0.4, 0.5) is 17.1 Å². The van der Waals surface area contributed by atoms with Crippen molar-refractivity contribution >= 4 is 65.6 Å². The zero-order valence-electron chi connectivity index (χ0n) is 23.4. The van der Waals surface area contributed by atoms with Crippen LogP contribution in [-0.4, -0.2) is 4.57 Å². The van der Waals surface area contributed by atoms with Crippen LogP contribution in [-0.2, 0) is 0 Å². The van der Waals surface area contributed by atoms with Crippen molar-refractivity contribution in [1.82, 2.24) is 4.57 Å². The van der Waals surface area contributed by atoms with Gasteiger partial charge in [0.25, 0.3) is 0 Å². The number of benzene rings is 7. The van der Waals surface area contributed by atoms with E-state index < -0.39 is 0 Å². The highest BCUT2D eigenvalue weighted by Gasteiger charge is 2.19. The third-order valence-corrected chi connectivity index (χ3v) is 8.64. The van der Waals surface area contributed by atoms with Crippen molar-refractivity contribution in [3.8, 4) is 16.8 Å². The minimum absolute atomic E-state index is 1.02. The quantitative estimate of drug-likeness (QED) is 0.187. The molecule has 0 aliphatic rings. The number of aromatic nitrogens is 1. The van der Waals surface area contributed by atoms with Crippen molar-refractivity contribution < 1.29 is 0 Å². The summed E-state index contributed by atoms with van der Waals surface area (Å²) >= 11 is 3.90. The molecule has 1 aromatic heterocycles. The van der Waals surface area contributed by atoms with Gasteiger partial charge in [0.2, 0.25) is 0 Å². The molecule has 3 heteroatoms. The lowest BCUT2D eigenvalue weighted by atomic mass is 10.0. The number of nitrogens with zero attached hydrogens (tertiary/aromatic N) is 2. The van der Waals surface area contributed by atoms with Crippen LogP contribution in [0, 0.1) is 0 Å². The molecule has 0 fully saturated rings. The second kappa shape index (κ2) is 10.6. The summed E-state index contributed by atoms with van der Waals surface area (Å²) in [5.74, 6) is 0. The largest absolute Gasteiger partial charge is 0.310 e. The number of halogens is 1. The van der Waals surface area contributed by atoms with Gasteiger partial charge in [-0.2, -0.15) is 0 Å². The Morgan fingerprint density at radius 3 is 1.81 bits per heavy atom. The van der Waals surface area contributed by atoms with E-state index in [-0.39, 0.29) is 0 Å². The van der Waals surface area contributed by atoms with Gasteiger partial charge in [-0.1, -0.05) is 131 Å². The summed E-state index contributed by atoms with van der Waals surface area (Å²) in [5, 5.41) is 4.91. The van der Waals surface area contributed by atoms with E-state index >= 15 is 0 Å². The van der Waals surface area contributed by atoms with Crippen LogP contribution >= 0.6 is 15.9 Å². The number of para-hydroxylation sites is 2. The van der Waals surface area contributed by atoms with Crippen molar-refractivity contribution in [3.05, 3.63) is 168 Å². The van der Waals surface area contributed by atoms with E-state index in [4.69, 9.17) is 0 Å². The molecule has 0 atom stereocenters. The molecular weight excluding hydrogens is 588 g/mol. The maximum atomic E-state index is 3.90. The molecule has 8 aromatic rings. The fourth-order valence-electron chi connectivity index (χ4n) is 6.30. The lowest BCUT2D eigenvalue weighted by Crippen LogP contribution is -2.11. The molecule has 0 saturated carbocycles. The van der Waals surface area contributed by atoms with Gasteiger partial charge in [0.1, 0.15) is 0 Å². The van der Waals surface area contributed by atoms with Crippen molar-refractivity contribution in [2.24, 2.45) is 0 Å². The highest BCUT2D eigenvalue weighted by Crippen LogP contribution is 2.42. The fourth-order valence-corrected chi connectivity index (χ4v) is 6.77. The van der Waals surface area contributed by atoms with E-state index in [1.807, 2.05) is 0 Å². The summed E-state index contributed by atoms with van der Waals surface area (Å²) in [4.78, 5) is 2.39. The molecule has 8 rings (SSSR count). The molecule has 0 saturated heterocycles. The minimum Gasteiger partial charge on any atom is -0.310 e. The first kappa shape index (κ1) is 25.6. The second-order valence-electron chi connectivity index (χ2n) is 10.8. The minimum atomic E-state index is 1.02. The van der Waals surface area contributed by atoms with Crippen molar-refractivity contribution in [3.63, 3.8) is 0 Å². The Morgan fingerprint density at radius 1 is 0.442 bits per heavy atom. The van der Waals surface area contributed by atoms with Gasteiger partial charge in [0.05, 0.1) is 16.7 Å². The highest BCUT2D eigenvalue weighted by atomic mass is 79.9. The molecule has 0 unspecified atom stereocenters. The molecule has 0 aliphatic heterocycles. The van der Waals surface area contributed by atoms with Crippen LogP contribution in [0.25, 0.3) is 49.4 Å². The zero-order chi connectivity index (χ0) is 28.8. The van der Waals surface area contributed by atoms with Crippen molar-refractivity contribution in [2.75, 3.05) is 4.90 Å². The van der Waals surface area contributed by atoms with Gasteiger partial charge in [-0.05, 0) is 65.0 Å². The Labute approximate surface area is 259 Å². The molecule has 0 aliphatic carbocycles. The molecule has 204 valence electrons. The summed E-state index contributed by atoms with van der Waals surface area (Å²) in [5.41, 5.74) is 9.17. The lowest BCUT2D eigenvalue weighted by Gasteiger charge is -2.28. The topological polar surface area (TPSA) is 8.17 Å². The van der Waals surface area contributed by atoms with Crippen LogP contribution in [0.2, 0.25) is 0 Å². The highest BCUT2D eigenvalue weighted by molar-refractivity contribution is 9.10. The van der Waals surface area contributed by atoms with Crippen LogP contribution in [0.5, 0.6) is 0 Å². The molecule has 7 aromatic carbocycles. The van der Waals surface area contributed by atoms with Crippen molar-refractivity contribution in [2.45, 2.75) is 0 Å². The molecule has 0 bridgehead atoms. The van der Waals surface area contributed by atoms with Crippen LogP contribution < -0.4 is 4.90 Å². The van der Waals surface area contributed by atoms with E-state index in [1.54, 1.807) is 0 Å². The summed E-state index contributed by atoms with van der Waals surface area (Å²) in [6, 6.07) is 58.6. The third-order valence-electron chi connectivity index (χ3n) is 8.18. The average molecular weight is 616 g/mol. The number of anilines is 3. The van der Waals surface area contributed by atoms with Crippen molar-refractivity contribution in [1.29, 1.82) is 0 Å². The van der Waals surface area contributed by atoms with E-state index in [0.29, 0.717) is 0 Å². The van der Waals surface area contributed by atoms with E-state index in [9.17, 15) is 0 Å². The number of fused-ring (bicyclic) bond motifs is 4. The first-order valence-corrected chi connectivity index (χ1v) is 15.3. The van der Waals surface area contributed by atoms with Crippen LogP contribution in [0.15, 0.2) is 168 Å². The summed E-state index contributed by atoms with van der Waals surface area (Å²) < 4.78 is 3.40. The maximum absolute atomic E-state index is 3.90. The molecule has 0 amide bonds. The molecule has 1 heterocycles. The molecule has 2 nitrogen and oxygen atoms in total. The smallest absolute Gasteiger partial charge is 0.0541 e. The molecular formula is C40H27BrN2. The van der Waals surface area contributed by atoms with Gasteiger partial charge >= 0.3 is 0 Å². The van der Waals surface area contributed by atoms with Gasteiger partial charge in [-0.3, -0.25) is 0 Å². The number of rotatable bonds is 5. The monoisotopic (exact) mass is 614 g/mol. The zero-order valence-corrected chi connectivity index (χ0v) is 24.9. The summed E-state index contributed by atoms with van der Waals surface area (Å²) in [6.07, 6.45) is 0. The Kier molecular flexibility index (Phi) is 6.31. The van der Waals surface area contributed by atoms with Crippen LogP contribution in [0.3, 0.4) is 0 Å². The van der Waals surface area contributed by atoms with Gasteiger partial charge in [-0.15, -0.1) is 0 Å². The van der Waals surface area contributed by atoms with Crippen LogP contribution in [0.1, 0.15) is 0 Å². The Hall–Kier alpha value is -5.12. The molecule has 0 N–H and O–H groups in total. The second-order valence-corrected chi connectivity index (χ2v) is 11.7. The fraction of sp³-hybridized carbons (Fsp3) is 0. The lowest BCUT2D eigenvalue weighted by molar-refractivity contribution is 1.17. The molecule has 43 heavy (non-hydrogen) atoms. The molecule has 0 spiro atoms. The summed E-state index contributed by atoms with van der Waals surface area (Å²) in [7, 11) is 0. The van der Waals surface area contributed by atoms with E-state index in [2.05, 4.69) is 189 Å².